The summed E-state index contributed by atoms with van der Waals surface area (Å²) >= 11 is 0. The molecule has 0 fully saturated rings. The number of anilines is 1. The molecule has 0 atom stereocenters. The van der Waals surface area contributed by atoms with Gasteiger partial charge in [-0.2, -0.15) is 39.5 Å². The van der Waals surface area contributed by atoms with E-state index in [4.69, 9.17) is 4.74 Å². The van der Waals surface area contributed by atoms with Crippen LogP contribution in [-0.4, -0.2) is 41.1 Å². The van der Waals surface area contributed by atoms with Crippen molar-refractivity contribution >= 4 is 15.7 Å². The average molecular weight is 527 g/mol. The number of sulfonamides is 1. The fourth-order valence-corrected chi connectivity index (χ4v) is 3.62. The Kier molecular flexibility index (Phi) is 7.74. The lowest BCUT2D eigenvalue weighted by Crippen LogP contribution is -2.22. The fourth-order valence-electron chi connectivity index (χ4n) is 2.40. The summed E-state index contributed by atoms with van der Waals surface area (Å²) in [6.07, 6.45) is -14.6. The van der Waals surface area contributed by atoms with Gasteiger partial charge in [-0.15, -0.1) is 0 Å². The number of nitrogens with one attached hydrogen (secondary N) is 1. The van der Waals surface area contributed by atoms with E-state index in [-0.39, 0.29) is 5.75 Å². The van der Waals surface area contributed by atoms with Crippen molar-refractivity contribution in [1.82, 2.24) is 0 Å². The zero-order valence-electron chi connectivity index (χ0n) is 16.7. The highest BCUT2D eigenvalue weighted by molar-refractivity contribution is 7.92. The van der Waals surface area contributed by atoms with Gasteiger partial charge < -0.3 is 14.2 Å². The summed E-state index contributed by atoms with van der Waals surface area (Å²) in [6, 6.07) is 3.48. The molecule has 2 rings (SSSR count). The Bertz CT molecular complexity index is 1110. The Labute approximate surface area is 186 Å². The van der Waals surface area contributed by atoms with Gasteiger partial charge in [0, 0.05) is 6.07 Å². The molecule has 0 heterocycles. The van der Waals surface area contributed by atoms with E-state index in [0.717, 1.165) is 19.2 Å². The normalized spacial score (nSPS) is 12.9. The molecule has 6 nitrogen and oxygen atoms in total. The summed E-state index contributed by atoms with van der Waals surface area (Å²) in [5.41, 5.74) is -2.04. The monoisotopic (exact) mass is 527 g/mol. The minimum atomic E-state index is -5.03. The van der Waals surface area contributed by atoms with E-state index < -0.39 is 69.4 Å². The van der Waals surface area contributed by atoms with Gasteiger partial charge in [-0.05, 0) is 30.3 Å². The Morgan fingerprint density at radius 1 is 0.794 bits per heavy atom. The SMILES string of the molecule is COc1ccc(C(F)(F)F)cc1NS(=O)(=O)c1cc(OCC(F)(F)F)ccc1OCC(F)(F)F. The van der Waals surface area contributed by atoms with Gasteiger partial charge in [0.2, 0.25) is 0 Å². The lowest BCUT2D eigenvalue weighted by atomic mass is 10.2. The van der Waals surface area contributed by atoms with Crippen molar-refractivity contribution in [2.45, 2.75) is 23.4 Å². The van der Waals surface area contributed by atoms with Crippen LogP contribution in [-0.2, 0) is 16.2 Å². The third-order valence-electron chi connectivity index (χ3n) is 3.77. The molecule has 16 heteroatoms. The van der Waals surface area contributed by atoms with E-state index >= 15 is 0 Å². The third-order valence-corrected chi connectivity index (χ3v) is 5.16. The Morgan fingerprint density at radius 2 is 1.35 bits per heavy atom. The van der Waals surface area contributed by atoms with Gasteiger partial charge in [0.05, 0.1) is 18.4 Å². The van der Waals surface area contributed by atoms with E-state index in [1.54, 1.807) is 4.72 Å². The van der Waals surface area contributed by atoms with Crippen LogP contribution in [0.4, 0.5) is 45.2 Å². The lowest BCUT2D eigenvalue weighted by Gasteiger charge is -2.18. The minimum absolute atomic E-state index is 0.358. The third kappa shape index (κ3) is 7.78. The number of hydrogen-bond acceptors (Lipinski definition) is 5. The van der Waals surface area contributed by atoms with Crippen molar-refractivity contribution in [2.75, 3.05) is 25.0 Å². The average Bonchev–Trinajstić information content (AvgIpc) is 2.68. The van der Waals surface area contributed by atoms with Crippen molar-refractivity contribution in [3.8, 4) is 17.2 Å². The van der Waals surface area contributed by atoms with Gasteiger partial charge in [0.15, 0.2) is 13.2 Å². The Morgan fingerprint density at radius 3 is 1.88 bits per heavy atom. The molecule has 0 aliphatic heterocycles. The summed E-state index contributed by atoms with van der Waals surface area (Å²) in [5, 5.41) is 0. The van der Waals surface area contributed by atoms with Crippen molar-refractivity contribution in [3.63, 3.8) is 0 Å². The predicted octanol–water partition coefficient (Wildman–Crippen LogP) is 5.40. The van der Waals surface area contributed by atoms with Crippen LogP contribution >= 0.6 is 0 Å². The number of halogens is 9. The maximum Gasteiger partial charge on any atom is 0.422 e. The maximum absolute atomic E-state index is 13.0. The van der Waals surface area contributed by atoms with Gasteiger partial charge in [-0.1, -0.05) is 0 Å². The molecule has 34 heavy (non-hydrogen) atoms. The molecule has 2 aromatic rings. The van der Waals surface area contributed by atoms with Crippen LogP contribution in [0.3, 0.4) is 0 Å². The Hall–Kier alpha value is -3.04. The molecule has 0 bridgehead atoms. The second-order valence-corrected chi connectivity index (χ2v) is 8.09. The van der Waals surface area contributed by atoms with E-state index in [1.807, 2.05) is 0 Å². The topological polar surface area (TPSA) is 73.9 Å². The smallest absolute Gasteiger partial charge is 0.422 e. The number of methoxy groups -OCH3 is 1. The number of rotatable bonds is 8. The first kappa shape index (κ1) is 27.2. The molecule has 0 aliphatic rings. The number of benzene rings is 2. The van der Waals surface area contributed by atoms with Crippen molar-refractivity contribution in [2.24, 2.45) is 0 Å². The molecule has 190 valence electrons. The quantitative estimate of drug-likeness (QED) is 0.466. The van der Waals surface area contributed by atoms with Gasteiger partial charge >= 0.3 is 18.5 Å². The van der Waals surface area contributed by atoms with Gasteiger partial charge in [0.25, 0.3) is 10.0 Å². The molecule has 2 aromatic carbocycles. The molecule has 0 saturated carbocycles. The van der Waals surface area contributed by atoms with Crippen LogP contribution in [0.5, 0.6) is 17.2 Å². The first-order valence-electron chi connectivity index (χ1n) is 8.72. The van der Waals surface area contributed by atoms with Crippen LogP contribution in [0.15, 0.2) is 41.3 Å². The molecule has 0 aromatic heterocycles. The lowest BCUT2D eigenvalue weighted by molar-refractivity contribution is -0.154. The molecule has 0 radical (unpaired) electrons. The van der Waals surface area contributed by atoms with E-state index in [1.165, 1.54) is 0 Å². The van der Waals surface area contributed by atoms with E-state index in [0.29, 0.717) is 24.3 Å². The second-order valence-electron chi connectivity index (χ2n) is 6.43. The molecule has 1 N–H and O–H groups in total. The number of alkyl halides is 9. The molecule has 0 spiro atoms. The van der Waals surface area contributed by atoms with E-state index in [9.17, 15) is 47.9 Å². The number of ether oxygens (including phenoxy) is 3. The molecular formula is C18H14F9NO5S. The van der Waals surface area contributed by atoms with Crippen LogP contribution < -0.4 is 18.9 Å². The summed E-state index contributed by atoms with van der Waals surface area (Å²) in [5.74, 6) is -2.05. The maximum atomic E-state index is 13.0. The molecular weight excluding hydrogens is 513 g/mol. The molecule has 0 saturated heterocycles. The van der Waals surface area contributed by atoms with Crippen LogP contribution in [0, 0.1) is 0 Å². The van der Waals surface area contributed by atoms with Crippen LogP contribution in [0.1, 0.15) is 5.56 Å². The highest BCUT2D eigenvalue weighted by atomic mass is 32.2. The minimum Gasteiger partial charge on any atom is -0.495 e. The Balaban J connectivity index is 2.52. The van der Waals surface area contributed by atoms with Crippen LogP contribution in [0.25, 0.3) is 0 Å². The van der Waals surface area contributed by atoms with Gasteiger partial charge in [0.1, 0.15) is 22.1 Å². The van der Waals surface area contributed by atoms with Gasteiger partial charge in [-0.25, -0.2) is 8.42 Å². The zero-order chi connectivity index (χ0) is 25.9. The van der Waals surface area contributed by atoms with E-state index in [2.05, 4.69) is 9.47 Å². The standard InChI is InChI=1S/C18H14F9NO5S/c1-31-13-4-2-10(18(25,26)27)6-12(13)28-34(29,30)15-7-11(32-8-16(19,20)21)3-5-14(15)33-9-17(22,23)24/h2-7,28H,8-9H2,1H3. The molecule has 0 aliphatic carbocycles. The molecule has 0 unspecified atom stereocenters. The van der Waals surface area contributed by atoms with Gasteiger partial charge in [-0.3, -0.25) is 4.72 Å². The highest BCUT2D eigenvalue weighted by Crippen LogP contribution is 2.37. The largest absolute Gasteiger partial charge is 0.495 e. The summed E-state index contributed by atoms with van der Waals surface area (Å²) < 4.78 is 155. The molecule has 0 amide bonds. The second kappa shape index (κ2) is 9.68. The highest BCUT2D eigenvalue weighted by Gasteiger charge is 2.34. The first-order valence-corrected chi connectivity index (χ1v) is 10.2. The first-order chi connectivity index (χ1) is 15.4. The summed E-state index contributed by atoms with van der Waals surface area (Å²) in [4.78, 5) is -1.13. The van der Waals surface area contributed by atoms with Crippen molar-refractivity contribution < 1.29 is 62.1 Å². The zero-order valence-corrected chi connectivity index (χ0v) is 17.5. The number of hydrogen-bond donors (Lipinski definition) is 1. The predicted molar refractivity (Wildman–Crippen MR) is 98.3 cm³/mol. The van der Waals surface area contributed by atoms with Crippen molar-refractivity contribution in [3.05, 3.63) is 42.0 Å². The van der Waals surface area contributed by atoms with Crippen molar-refractivity contribution in [1.29, 1.82) is 0 Å². The summed E-state index contributed by atoms with van der Waals surface area (Å²) in [7, 11) is -4.03. The summed E-state index contributed by atoms with van der Waals surface area (Å²) in [6.45, 7) is -3.82. The van der Waals surface area contributed by atoms with Crippen LogP contribution in [0.2, 0.25) is 0 Å². The fraction of sp³-hybridized carbons (Fsp3) is 0.333.